The third-order valence-corrected chi connectivity index (χ3v) is 6.79. The number of anilines is 1. The molecule has 0 saturated carbocycles. The van der Waals surface area contributed by atoms with E-state index < -0.39 is 17.4 Å². The van der Waals surface area contributed by atoms with E-state index in [1.807, 2.05) is 28.8 Å². The fourth-order valence-corrected chi connectivity index (χ4v) is 5.52. The van der Waals surface area contributed by atoms with Crippen molar-refractivity contribution in [1.82, 2.24) is 4.90 Å². The molecule has 4 atom stereocenters. The van der Waals surface area contributed by atoms with Crippen molar-refractivity contribution in [2.24, 2.45) is 11.8 Å². The molecular formula is C19H19FN2O3S. The second-order valence-electron chi connectivity index (χ2n) is 7.24. The summed E-state index contributed by atoms with van der Waals surface area (Å²) >= 11 is 1.85. The molecule has 136 valence electrons. The van der Waals surface area contributed by atoms with Crippen LogP contribution in [0, 0.1) is 17.7 Å². The largest absolute Gasteiger partial charge is 0.360 e. The quantitative estimate of drug-likeness (QED) is 0.740. The van der Waals surface area contributed by atoms with E-state index in [0.29, 0.717) is 12.2 Å². The summed E-state index contributed by atoms with van der Waals surface area (Å²) in [4.78, 5) is 29.8. The minimum atomic E-state index is -0.735. The Morgan fingerprint density at radius 3 is 2.69 bits per heavy atom. The monoisotopic (exact) mass is 374 g/mol. The van der Waals surface area contributed by atoms with Gasteiger partial charge in [0.25, 0.3) is 0 Å². The zero-order valence-corrected chi connectivity index (χ0v) is 15.0. The number of benzene rings is 1. The Bertz CT molecular complexity index is 792. The molecular weight excluding hydrogens is 355 g/mol. The lowest BCUT2D eigenvalue weighted by atomic mass is 9.76. The maximum Gasteiger partial charge on any atom is 0.234 e. The topological polar surface area (TPSA) is 49.9 Å². The average Bonchev–Trinajstić information content (AvgIpc) is 3.31. The highest BCUT2D eigenvalue weighted by molar-refractivity contribution is 7.99. The standard InChI is InChI=1S/C19H19FN2O3S/c20-12-1-3-13(4-2-12)22-11-19-6-5-14(25-19)15(16(19)18(22)24)17(23)21-7-9-26-10-8-21/h1-6,14-16H,7-11H2/t14-,15-,16+,19-/m0/s1. The van der Waals surface area contributed by atoms with Crippen LogP contribution in [-0.4, -0.2) is 59.6 Å². The summed E-state index contributed by atoms with van der Waals surface area (Å²) in [5, 5.41) is 0. The molecule has 4 aliphatic rings. The zero-order valence-electron chi connectivity index (χ0n) is 14.1. The third-order valence-electron chi connectivity index (χ3n) is 5.85. The van der Waals surface area contributed by atoms with Crippen LogP contribution in [0.3, 0.4) is 0 Å². The minimum Gasteiger partial charge on any atom is -0.360 e. The smallest absolute Gasteiger partial charge is 0.234 e. The summed E-state index contributed by atoms with van der Waals surface area (Å²) in [6, 6.07) is 5.88. The Balaban J connectivity index is 1.46. The van der Waals surface area contributed by atoms with Crippen molar-refractivity contribution in [3.8, 4) is 0 Å². The molecule has 1 spiro atoms. The summed E-state index contributed by atoms with van der Waals surface area (Å²) < 4.78 is 19.4. The first-order valence-corrected chi connectivity index (χ1v) is 10.1. The van der Waals surface area contributed by atoms with Gasteiger partial charge in [0.15, 0.2) is 0 Å². The van der Waals surface area contributed by atoms with Crippen LogP contribution in [0.4, 0.5) is 10.1 Å². The molecule has 1 aromatic rings. The van der Waals surface area contributed by atoms with Crippen LogP contribution in [0.2, 0.25) is 0 Å². The van der Waals surface area contributed by atoms with Crippen molar-refractivity contribution < 1.29 is 18.7 Å². The van der Waals surface area contributed by atoms with Gasteiger partial charge >= 0.3 is 0 Å². The molecule has 3 fully saturated rings. The average molecular weight is 374 g/mol. The van der Waals surface area contributed by atoms with Gasteiger partial charge in [0.1, 0.15) is 11.4 Å². The Hall–Kier alpha value is -1.86. The maximum atomic E-state index is 13.2. The molecule has 2 bridgehead atoms. The molecule has 0 aliphatic carbocycles. The van der Waals surface area contributed by atoms with Gasteiger partial charge in [-0.25, -0.2) is 4.39 Å². The Labute approximate surface area is 155 Å². The van der Waals surface area contributed by atoms with E-state index in [1.165, 1.54) is 12.1 Å². The number of amides is 2. The molecule has 1 aromatic carbocycles. The van der Waals surface area contributed by atoms with Gasteiger partial charge < -0.3 is 14.5 Å². The number of hydrogen-bond donors (Lipinski definition) is 0. The second-order valence-corrected chi connectivity index (χ2v) is 8.46. The van der Waals surface area contributed by atoms with Crippen molar-refractivity contribution in [1.29, 1.82) is 0 Å². The van der Waals surface area contributed by atoms with Crippen LogP contribution in [0.5, 0.6) is 0 Å². The Morgan fingerprint density at radius 2 is 1.96 bits per heavy atom. The van der Waals surface area contributed by atoms with E-state index in [0.717, 1.165) is 24.6 Å². The number of rotatable bonds is 2. The Kier molecular flexibility index (Phi) is 3.66. The van der Waals surface area contributed by atoms with Gasteiger partial charge in [-0.2, -0.15) is 11.8 Å². The number of carbonyl (C=O) groups excluding carboxylic acids is 2. The van der Waals surface area contributed by atoms with Crippen molar-refractivity contribution in [3.05, 3.63) is 42.2 Å². The van der Waals surface area contributed by atoms with Crippen LogP contribution in [0.15, 0.2) is 36.4 Å². The summed E-state index contributed by atoms with van der Waals surface area (Å²) in [5.41, 5.74) is -0.0951. The molecule has 2 amide bonds. The number of fused-ring (bicyclic) bond motifs is 1. The Morgan fingerprint density at radius 1 is 1.23 bits per heavy atom. The molecule has 0 radical (unpaired) electrons. The third kappa shape index (κ3) is 2.26. The van der Waals surface area contributed by atoms with Crippen LogP contribution >= 0.6 is 11.8 Å². The molecule has 26 heavy (non-hydrogen) atoms. The predicted molar refractivity (Wildman–Crippen MR) is 96.4 cm³/mol. The summed E-state index contributed by atoms with van der Waals surface area (Å²) in [6.07, 6.45) is 3.56. The predicted octanol–water partition coefficient (Wildman–Crippen LogP) is 1.69. The first kappa shape index (κ1) is 16.3. The lowest BCUT2D eigenvalue weighted by molar-refractivity contribution is -0.140. The number of nitrogens with zero attached hydrogens (tertiary/aromatic N) is 2. The first-order valence-electron chi connectivity index (χ1n) is 8.90. The number of thioether (sulfide) groups is 1. The van der Waals surface area contributed by atoms with Gasteiger partial charge in [-0.05, 0) is 24.3 Å². The van der Waals surface area contributed by atoms with Gasteiger partial charge in [0, 0.05) is 30.3 Å². The number of halogens is 1. The van der Waals surface area contributed by atoms with Gasteiger partial charge in [-0.3, -0.25) is 9.59 Å². The zero-order chi connectivity index (χ0) is 17.9. The number of hydrogen-bond acceptors (Lipinski definition) is 4. The fraction of sp³-hybridized carbons (Fsp3) is 0.474. The van der Waals surface area contributed by atoms with Crippen molar-refractivity contribution >= 4 is 29.3 Å². The summed E-state index contributed by atoms with van der Waals surface area (Å²) in [5.74, 6) is 0.503. The number of carbonyl (C=O) groups is 2. The van der Waals surface area contributed by atoms with Gasteiger partial charge in [0.2, 0.25) is 11.8 Å². The fourth-order valence-electron chi connectivity index (χ4n) is 4.61. The number of ether oxygens (including phenoxy) is 1. The molecule has 4 heterocycles. The first-order chi connectivity index (χ1) is 12.6. The maximum absolute atomic E-state index is 13.2. The van der Waals surface area contributed by atoms with E-state index in [4.69, 9.17) is 4.74 Å². The van der Waals surface area contributed by atoms with E-state index in [2.05, 4.69) is 0 Å². The van der Waals surface area contributed by atoms with Crippen molar-refractivity contribution in [2.45, 2.75) is 11.7 Å². The van der Waals surface area contributed by atoms with Crippen molar-refractivity contribution in [2.75, 3.05) is 36.0 Å². The van der Waals surface area contributed by atoms with Gasteiger partial charge in [0.05, 0.1) is 24.5 Å². The highest BCUT2D eigenvalue weighted by atomic mass is 32.2. The minimum absolute atomic E-state index is 0.0285. The van der Waals surface area contributed by atoms with Gasteiger partial charge in [-0.15, -0.1) is 0 Å². The molecule has 0 aromatic heterocycles. The molecule has 5 rings (SSSR count). The molecule has 3 saturated heterocycles. The van der Waals surface area contributed by atoms with E-state index in [1.54, 1.807) is 17.0 Å². The van der Waals surface area contributed by atoms with Crippen LogP contribution in [0.25, 0.3) is 0 Å². The van der Waals surface area contributed by atoms with Crippen LogP contribution < -0.4 is 4.90 Å². The molecule has 7 heteroatoms. The highest BCUT2D eigenvalue weighted by Crippen LogP contribution is 2.53. The molecule has 0 N–H and O–H groups in total. The van der Waals surface area contributed by atoms with Crippen molar-refractivity contribution in [3.63, 3.8) is 0 Å². The lowest BCUT2D eigenvalue weighted by Gasteiger charge is -2.32. The summed E-state index contributed by atoms with van der Waals surface area (Å²) in [7, 11) is 0. The second kappa shape index (κ2) is 5.82. The van der Waals surface area contributed by atoms with E-state index >= 15 is 0 Å². The lowest BCUT2D eigenvalue weighted by Crippen LogP contribution is -2.48. The van der Waals surface area contributed by atoms with E-state index in [9.17, 15) is 14.0 Å². The van der Waals surface area contributed by atoms with E-state index in [-0.39, 0.29) is 23.7 Å². The van der Waals surface area contributed by atoms with Gasteiger partial charge in [-0.1, -0.05) is 12.2 Å². The molecule has 5 nitrogen and oxygen atoms in total. The van der Waals surface area contributed by atoms with Crippen LogP contribution in [-0.2, 0) is 14.3 Å². The highest BCUT2D eigenvalue weighted by Gasteiger charge is 2.67. The molecule has 4 aliphatic heterocycles. The summed E-state index contributed by atoms with van der Waals surface area (Å²) in [6.45, 7) is 1.83. The SMILES string of the molecule is O=C([C@H]1[C@@H]2C=C[C@@]3(CN(c4ccc(F)cc4)C(=O)[C@@H]13)O2)N1CCSCC1. The normalized spacial score (nSPS) is 35.3. The molecule has 0 unspecified atom stereocenters. The van der Waals surface area contributed by atoms with Crippen LogP contribution in [0.1, 0.15) is 0 Å².